The van der Waals surface area contributed by atoms with E-state index in [1.807, 2.05) is 29.1 Å². The van der Waals surface area contributed by atoms with Crippen molar-refractivity contribution in [1.82, 2.24) is 14.1 Å². The number of aryl methyl sites for hydroxylation is 2. The fourth-order valence-electron chi connectivity index (χ4n) is 2.75. The second kappa shape index (κ2) is 3.35. The first kappa shape index (κ1) is 10.6. The van der Waals surface area contributed by atoms with Crippen LogP contribution in [0, 0.1) is 6.92 Å². The summed E-state index contributed by atoms with van der Waals surface area (Å²) in [5.41, 5.74) is 5.38. The van der Waals surface area contributed by atoms with E-state index in [0.717, 1.165) is 17.7 Å². The summed E-state index contributed by atoms with van der Waals surface area (Å²) in [4.78, 5) is 2.01. The molecule has 0 amide bonds. The van der Waals surface area contributed by atoms with Crippen LogP contribution in [0.3, 0.4) is 0 Å². The number of para-hydroxylation sites is 2. The third-order valence-electron chi connectivity index (χ3n) is 3.73. The van der Waals surface area contributed by atoms with Gasteiger partial charge >= 0.3 is 0 Å². The molecule has 0 unspecified atom stereocenters. The lowest BCUT2D eigenvalue weighted by molar-refractivity contribution is 0.465. The lowest BCUT2D eigenvalue weighted by Gasteiger charge is -2.06. The van der Waals surface area contributed by atoms with Gasteiger partial charge in [-0.3, -0.25) is 0 Å². The molecule has 0 atom stereocenters. The Labute approximate surface area is 110 Å². The molecule has 96 valence electrons. The van der Waals surface area contributed by atoms with Crippen molar-refractivity contribution in [3.8, 4) is 11.4 Å². The normalized spacial score (nSPS) is 12.1. The van der Waals surface area contributed by atoms with E-state index in [1.54, 1.807) is 0 Å². The van der Waals surface area contributed by atoms with E-state index in [0.29, 0.717) is 5.75 Å². The van der Waals surface area contributed by atoms with E-state index in [-0.39, 0.29) is 0 Å². The largest absolute Gasteiger partial charge is 0.505 e. The summed E-state index contributed by atoms with van der Waals surface area (Å²) in [6.07, 6.45) is 0.835. The Morgan fingerprint density at radius 2 is 1.68 bits per heavy atom. The lowest BCUT2D eigenvalue weighted by Crippen LogP contribution is -1.93. The van der Waals surface area contributed by atoms with E-state index in [1.165, 1.54) is 16.6 Å². The van der Waals surface area contributed by atoms with Gasteiger partial charge in [-0.15, -0.1) is 14.1 Å². The second-order valence-corrected chi connectivity index (χ2v) is 5.00. The van der Waals surface area contributed by atoms with Gasteiger partial charge in [0.2, 0.25) is 0 Å². The molecule has 0 aliphatic heterocycles. The molecular weight excluding hydrogens is 238 g/mol. The van der Waals surface area contributed by atoms with E-state index in [9.17, 15) is 5.11 Å². The Hall–Kier alpha value is -2.36. The maximum atomic E-state index is 10.4. The van der Waals surface area contributed by atoms with Gasteiger partial charge in [0.05, 0.1) is 0 Å². The SMILES string of the molecule is CCc1cc(C)cc(-n2n3c4ccccc4n23)c1O. The monoisotopic (exact) mass is 253 g/mol. The zero-order valence-corrected chi connectivity index (χ0v) is 11.0. The van der Waals surface area contributed by atoms with Crippen molar-refractivity contribution >= 4 is 11.0 Å². The van der Waals surface area contributed by atoms with Gasteiger partial charge in [-0.1, -0.05) is 25.1 Å². The first-order valence-corrected chi connectivity index (χ1v) is 6.54. The number of benzene rings is 2. The van der Waals surface area contributed by atoms with Crippen LogP contribution >= 0.6 is 0 Å². The van der Waals surface area contributed by atoms with Crippen LogP contribution in [0.4, 0.5) is 0 Å². The zero-order chi connectivity index (χ0) is 13.1. The third kappa shape index (κ3) is 1.23. The smallest absolute Gasteiger partial charge is 0.146 e. The Balaban J connectivity index is 1.97. The fraction of sp³-hybridized carbons (Fsp3) is 0.200. The van der Waals surface area contributed by atoms with Crippen LogP contribution in [0.25, 0.3) is 16.7 Å². The zero-order valence-electron chi connectivity index (χ0n) is 11.0. The molecule has 2 aromatic heterocycles. The molecule has 2 heterocycles. The molecule has 0 spiro atoms. The van der Waals surface area contributed by atoms with Crippen molar-refractivity contribution < 1.29 is 5.11 Å². The van der Waals surface area contributed by atoms with E-state index >= 15 is 0 Å². The van der Waals surface area contributed by atoms with Gasteiger partial charge in [0.15, 0.2) is 0 Å². The molecule has 0 aliphatic rings. The molecule has 0 fully saturated rings. The first-order valence-electron chi connectivity index (χ1n) is 6.54. The van der Waals surface area contributed by atoms with Gasteiger partial charge in [-0.25, -0.2) is 0 Å². The van der Waals surface area contributed by atoms with Gasteiger partial charge in [-0.05, 0) is 42.7 Å². The summed E-state index contributed by atoms with van der Waals surface area (Å²) in [5.74, 6) is 0.383. The molecule has 1 N–H and O–H groups in total. The Morgan fingerprint density at radius 3 is 2.26 bits per heavy atom. The first-order chi connectivity index (χ1) is 9.22. The van der Waals surface area contributed by atoms with Crippen molar-refractivity contribution in [2.75, 3.05) is 0 Å². The van der Waals surface area contributed by atoms with Crippen LogP contribution in [0.1, 0.15) is 18.1 Å². The summed E-state index contributed by atoms with van der Waals surface area (Å²) in [5, 5.41) is 10.4. The summed E-state index contributed by atoms with van der Waals surface area (Å²) < 4.78 is 4.12. The summed E-state index contributed by atoms with van der Waals surface area (Å²) in [7, 11) is 0. The fourth-order valence-corrected chi connectivity index (χ4v) is 2.75. The van der Waals surface area contributed by atoms with Gasteiger partial charge in [0.1, 0.15) is 22.5 Å². The maximum absolute atomic E-state index is 10.4. The number of hydrogen-bond acceptors (Lipinski definition) is 1. The maximum Gasteiger partial charge on any atom is 0.146 e. The summed E-state index contributed by atoms with van der Waals surface area (Å²) in [6, 6.07) is 12.3. The molecule has 0 aliphatic carbocycles. The third-order valence-corrected chi connectivity index (χ3v) is 3.73. The van der Waals surface area contributed by atoms with Crippen LogP contribution in [0.15, 0.2) is 36.4 Å². The van der Waals surface area contributed by atoms with Crippen LogP contribution in [0.2, 0.25) is 0 Å². The van der Waals surface area contributed by atoms with Crippen LogP contribution in [-0.2, 0) is 6.42 Å². The van der Waals surface area contributed by atoms with E-state index in [2.05, 4.69) is 35.2 Å². The highest BCUT2D eigenvalue weighted by molar-refractivity contribution is 5.79. The average molecular weight is 253 g/mol. The molecule has 0 saturated heterocycles. The topological polar surface area (TPSA) is 34.0 Å². The molecule has 4 rings (SSSR count). The van der Waals surface area contributed by atoms with Gasteiger partial charge in [-0.2, -0.15) is 0 Å². The van der Waals surface area contributed by atoms with E-state index in [4.69, 9.17) is 0 Å². The van der Waals surface area contributed by atoms with E-state index < -0.39 is 0 Å². The van der Waals surface area contributed by atoms with Gasteiger partial charge in [0, 0.05) is 0 Å². The number of hydrogen-bond donors (Lipinski definition) is 1. The van der Waals surface area contributed by atoms with Crippen molar-refractivity contribution in [3.63, 3.8) is 0 Å². The second-order valence-electron chi connectivity index (χ2n) is 5.00. The standard InChI is InChI=1S/C15H15N3O/c1-3-11-8-10(2)9-14(15(11)19)18-16-12-6-4-5-7-13(12)17(16)18/h4-9,19H,3H2,1-2H3. The minimum absolute atomic E-state index is 0.383. The molecular formula is C15H15N3O. The van der Waals surface area contributed by atoms with Crippen molar-refractivity contribution in [2.24, 2.45) is 0 Å². The predicted molar refractivity (Wildman–Crippen MR) is 74.6 cm³/mol. The van der Waals surface area contributed by atoms with Gasteiger partial charge < -0.3 is 5.11 Å². The molecule has 4 aromatic rings. The van der Waals surface area contributed by atoms with Crippen molar-refractivity contribution in [3.05, 3.63) is 47.5 Å². The Bertz CT molecular complexity index is 836. The number of fused-ring (bicyclic) bond motifs is 4. The number of nitrogens with zero attached hydrogens (tertiary/aromatic N) is 3. The molecule has 4 nitrogen and oxygen atoms in total. The van der Waals surface area contributed by atoms with Crippen LogP contribution in [0.5, 0.6) is 5.75 Å². The number of rotatable bonds is 2. The van der Waals surface area contributed by atoms with Gasteiger partial charge in [0.25, 0.3) is 0 Å². The number of aromatic hydroxyl groups is 1. The Morgan fingerprint density at radius 1 is 1.05 bits per heavy atom. The Kier molecular flexibility index (Phi) is 1.86. The van der Waals surface area contributed by atoms with Crippen molar-refractivity contribution in [2.45, 2.75) is 20.3 Å². The molecule has 19 heavy (non-hydrogen) atoms. The molecule has 0 saturated carbocycles. The summed E-state index contributed by atoms with van der Waals surface area (Å²) >= 11 is 0. The average Bonchev–Trinajstić information content (AvgIpc) is 3.07. The lowest BCUT2D eigenvalue weighted by atomic mass is 10.1. The highest BCUT2D eigenvalue weighted by Crippen LogP contribution is 2.33. The highest BCUT2D eigenvalue weighted by atomic mass is 16.3. The minimum atomic E-state index is 0.383. The molecule has 0 bridgehead atoms. The molecule has 4 heteroatoms. The minimum Gasteiger partial charge on any atom is -0.505 e. The predicted octanol–water partition coefficient (Wildman–Crippen LogP) is 3.00. The number of aromatic nitrogens is 3. The highest BCUT2D eigenvalue weighted by Gasteiger charge is 2.25. The quantitative estimate of drug-likeness (QED) is 0.585. The molecule has 0 radical (unpaired) electrons. The van der Waals surface area contributed by atoms with Crippen LogP contribution in [-0.4, -0.2) is 19.2 Å². The number of phenolic OH excluding ortho intramolecular Hbond substituents is 1. The van der Waals surface area contributed by atoms with Crippen LogP contribution < -0.4 is 0 Å². The number of phenols is 1. The van der Waals surface area contributed by atoms with Crippen molar-refractivity contribution in [1.29, 1.82) is 0 Å². The molecule has 2 aromatic carbocycles. The summed E-state index contributed by atoms with van der Waals surface area (Å²) in [6.45, 7) is 4.12.